The highest BCUT2D eigenvalue weighted by atomic mass is 32.2. The molecule has 2 aromatic rings. The average Bonchev–Trinajstić information content (AvgIpc) is 3.06. The van der Waals surface area contributed by atoms with Crippen LogP contribution in [0.2, 0.25) is 0 Å². The molecule has 3 heterocycles. The number of hydrogen-bond donors (Lipinski definition) is 3. The zero-order valence-electron chi connectivity index (χ0n) is 14.4. The summed E-state index contributed by atoms with van der Waals surface area (Å²) in [5.41, 5.74) is 6.41. The Hall–Kier alpha value is -2.02. The molecule has 1 atom stereocenters. The second-order valence-electron chi connectivity index (χ2n) is 6.32. The molecule has 142 valence electrons. The predicted octanol–water partition coefficient (Wildman–Crippen LogP) is 0.508. The van der Waals surface area contributed by atoms with Crippen molar-refractivity contribution in [2.75, 3.05) is 25.1 Å². The summed E-state index contributed by atoms with van der Waals surface area (Å²) in [5.74, 6) is -0.816. The molecular formula is C15H17BN4O5S2. The summed E-state index contributed by atoms with van der Waals surface area (Å²) in [6.45, 7) is 1.53. The number of aromatic carboxylic acids is 1. The minimum absolute atomic E-state index is 0.0789. The van der Waals surface area contributed by atoms with Crippen LogP contribution in [0.3, 0.4) is 0 Å². The molecule has 1 aromatic carbocycles. The van der Waals surface area contributed by atoms with Crippen LogP contribution in [0.15, 0.2) is 16.5 Å². The Kier molecular flexibility index (Phi) is 4.89. The Balaban J connectivity index is 1.52. The number of rotatable bonds is 5. The van der Waals surface area contributed by atoms with Crippen LogP contribution in [0.5, 0.6) is 11.5 Å². The number of fused-ring (bicyclic) bond motifs is 1. The van der Waals surface area contributed by atoms with Gasteiger partial charge < -0.3 is 30.2 Å². The number of carbonyl (C=O) groups is 1. The van der Waals surface area contributed by atoms with Crippen molar-refractivity contribution in [2.45, 2.75) is 22.0 Å². The molecule has 0 spiro atoms. The van der Waals surface area contributed by atoms with Gasteiger partial charge in [0, 0.05) is 19.1 Å². The van der Waals surface area contributed by atoms with Crippen molar-refractivity contribution in [3.63, 3.8) is 0 Å². The van der Waals surface area contributed by atoms with Crippen molar-refractivity contribution in [3.05, 3.63) is 23.3 Å². The number of thioether (sulfide) groups is 1. The third kappa shape index (κ3) is 3.45. The summed E-state index contributed by atoms with van der Waals surface area (Å²) in [5, 5.41) is 28.7. The van der Waals surface area contributed by atoms with Crippen LogP contribution in [-0.2, 0) is 6.42 Å². The van der Waals surface area contributed by atoms with Crippen molar-refractivity contribution in [2.24, 2.45) is 5.73 Å². The predicted molar refractivity (Wildman–Crippen MR) is 102 cm³/mol. The van der Waals surface area contributed by atoms with Gasteiger partial charge >= 0.3 is 13.1 Å². The molecule has 4 rings (SSSR count). The van der Waals surface area contributed by atoms with E-state index in [0.717, 1.165) is 18.2 Å². The van der Waals surface area contributed by atoms with Crippen molar-refractivity contribution < 1.29 is 24.3 Å². The third-order valence-electron chi connectivity index (χ3n) is 4.44. The first-order valence-electron chi connectivity index (χ1n) is 8.25. The summed E-state index contributed by atoms with van der Waals surface area (Å²) in [7, 11) is 0.224. The summed E-state index contributed by atoms with van der Waals surface area (Å²) in [6, 6.07) is 3.53. The van der Waals surface area contributed by atoms with E-state index in [-0.39, 0.29) is 28.3 Å². The smallest absolute Gasteiger partial charge is 0.534 e. The van der Waals surface area contributed by atoms with Crippen LogP contribution in [0.25, 0.3) is 0 Å². The second kappa shape index (κ2) is 7.19. The number of hydrogen-bond acceptors (Lipinski definition) is 10. The Morgan fingerprint density at radius 2 is 2.26 bits per heavy atom. The lowest BCUT2D eigenvalue weighted by molar-refractivity contribution is 0.0690. The quantitative estimate of drug-likeness (QED) is 0.602. The van der Waals surface area contributed by atoms with E-state index in [2.05, 4.69) is 15.1 Å². The van der Waals surface area contributed by atoms with Gasteiger partial charge in [-0.3, -0.25) is 0 Å². The Morgan fingerprint density at radius 3 is 2.93 bits per heavy atom. The van der Waals surface area contributed by atoms with E-state index in [1.165, 1.54) is 30.2 Å². The lowest BCUT2D eigenvalue weighted by Crippen LogP contribution is -2.55. The molecule has 0 aliphatic carbocycles. The Labute approximate surface area is 163 Å². The summed E-state index contributed by atoms with van der Waals surface area (Å²) in [6.07, 6.45) is 0.439. The SMILES string of the molecule is COc1ccc2c(c1C(=O)O)OB(O)[C@@H](Sc1nnc(N3CC(N)C3)s1)C2. The molecule has 1 saturated heterocycles. The van der Waals surface area contributed by atoms with E-state index in [0.29, 0.717) is 16.3 Å². The van der Waals surface area contributed by atoms with Gasteiger partial charge in [0.15, 0.2) is 4.34 Å². The molecule has 27 heavy (non-hydrogen) atoms. The van der Waals surface area contributed by atoms with Gasteiger partial charge in [-0.05, 0) is 18.1 Å². The molecule has 0 saturated carbocycles. The van der Waals surface area contributed by atoms with E-state index in [4.69, 9.17) is 15.1 Å². The molecule has 0 unspecified atom stereocenters. The monoisotopic (exact) mass is 408 g/mol. The molecule has 4 N–H and O–H groups in total. The third-order valence-corrected chi connectivity index (χ3v) is 6.74. The zero-order valence-corrected chi connectivity index (χ0v) is 16.0. The highest BCUT2D eigenvalue weighted by Gasteiger charge is 2.39. The van der Waals surface area contributed by atoms with Crippen molar-refractivity contribution in [1.82, 2.24) is 10.2 Å². The van der Waals surface area contributed by atoms with Crippen LogP contribution in [-0.4, -0.2) is 64.8 Å². The molecule has 2 aliphatic rings. The van der Waals surface area contributed by atoms with E-state index >= 15 is 0 Å². The lowest BCUT2D eigenvalue weighted by atomic mass is 9.77. The first-order valence-corrected chi connectivity index (χ1v) is 9.94. The van der Waals surface area contributed by atoms with Crippen molar-refractivity contribution in [3.8, 4) is 11.5 Å². The average molecular weight is 408 g/mol. The minimum Gasteiger partial charge on any atom is -0.534 e. The molecule has 1 aromatic heterocycles. The van der Waals surface area contributed by atoms with Crippen molar-refractivity contribution in [1.29, 1.82) is 0 Å². The van der Waals surface area contributed by atoms with Crippen LogP contribution in [0.4, 0.5) is 5.13 Å². The fourth-order valence-corrected chi connectivity index (χ4v) is 5.23. The largest absolute Gasteiger partial charge is 0.537 e. The van der Waals surface area contributed by atoms with E-state index in [9.17, 15) is 14.9 Å². The second-order valence-corrected chi connectivity index (χ2v) is 8.76. The van der Waals surface area contributed by atoms with Gasteiger partial charge in [-0.2, -0.15) is 0 Å². The number of carboxylic acid groups (broad SMARTS) is 1. The van der Waals surface area contributed by atoms with E-state index < -0.39 is 13.1 Å². The molecular weight excluding hydrogens is 391 g/mol. The van der Waals surface area contributed by atoms with Crippen LogP contribution >= 0.6 is 23.1 Å². The number of aromatic nitrogens is 2. The molecule has 0 radical (unpaired) electrons. The molecule has 0 amide bonds. The summed E-state index contributed by atoms with van der Waals surface area (Å²) in [4.78, 5) is 13.6. The number of carboxylic acids is 1. The fourth-order valence-electron chi connectivity index (χ4n) is 3.07. The fraction of sp³-hybridized carbons (Fsp3) is 0.400. The maximum absolute atomic E-state index is 11.6. The number of ether oxygens (including phenoxy) is 1. The first-order chi connectivity index (χ1) is 13.0. The summed E-state index contributed by atoms with van der Waals surface area (Å²) >= 11 is 2.81. The maximum Gasteiger partial charge on any atom is 0.537 e. The highest BCUT2D eigenvalue weighted by Crippen LogP contribution is 2.41. The van der Waals surface area contributed by atoms with Gasteiger partial charge in [0.2, 0.25) is 5.13 Å². The molecule has 9 nitrogen and oxygen atoms in total. The molecule has 0 bridgehead atoms. The molecule has 1 fully saturated rings. The number of nitrogens with zero attached hydrogens (tertiary/aromatic N) is 3. The Morgan fingerprint density at radius 1 is 1.48 bits per heavy atom. The van der Waals surface area contributed by atoms with Gasteiger partial charge in [-0.25, -0.2) is 4.79 Å². The van der Waals surface area contributed by atoms with Gasteiger partial charge in [-0.1, -0.05) is 29.2 Å². The number of benzene rings is 1. The van der Waals surface area contributed by atoms with Gasteiger partial charge in [0.25, 0.3) is 0 Å². The molecule has 2 aliphatic heterocycles. The summed E-state index contributed by atoms with van der Waals surface area (Å²) < 4.78 is 11.4. The van der Waals surface area contributed by atoms with Crippen LogP contribution in [0.1, 0.15) is 15.9 Å². The van der Waals surface area contributed by atoms with Gasteiger partial charge in [-0.15, -0.1) is 10.2 Å². The van der Waals surface area contributed by atoms with Gasteiger partial charge in [0.1, 0.15) is 17.1 Å². The number of nitrogens with two attached hydrogens (primary N) is 1. The topological polar surface area (TPSA) is 131 Å². The van der Waals surface area contributed by atoms with E-state index in [1.807, 2.05) is 0 Å². The van der Waals surface area contributed by atoms with Crippen molar-refractivity contribution >= 4 is 41.3 Å². The standard InChI is InChI=1S/C15H17BN4O5S2/c1-24-9-3-2-7-4-10(16(23)25-12(7)11(9)13(21)22)26-15-19-18-14(27-15)20-5-8(17)6-20/h2-3,8,10,23H,4-6,17H2,1H3,(H,21,22)/t10-/m0/s1. The van der Waals surface area contributed by atoms with Crippen LogP contribution in [0, 0.1) is 0 Å². The maximum atomic E-state index is 11.6. The normalized spacial score (nSPS) is 19.3. The first kappa shape index (κ1) is 18.4. The zero-order chi connectivity index (χ0) is 19.1. The highest BCUT2D eigenvalue weighted by molar-refractivity contribution is 8.02. The van der Waals surface area contributed by atoms with Crippen LogP contribution < -0.4 is 20.0 Å². The Bertz CT molecular complexity index is 876. The lowest BCUT2D eigenvalue weighted by Gasteiger charge is -2.36. The minimum atomic E-state index is -1.17. The van der Waals surface area contributed by atoms with E-state index in [1.54, 1.807) is 12.1 Å². The van der Waals surface area contributed by atoms with Gasteiger partial charge in [0.05, 0.1) is 12.3 Å². The number of anilines is 1. The molecule has 12 heteroatoms. The number of methoxy groups -OCH3 is 1.